The molecule has 2 aromatic carbocycles. The second-order valence-corrected chi connectivity index (χ2v) is 5.37. The number of benzene rings is 2. The molecule has 102 valence electrons. The molecule has 5 heteroatoms. The van der Waals surface area contributed by atoms with Gasteiger partial charge in [0.1, 0.15) is 12.1 Å². The van der Waals surface area contributed by atoms with Crippen LogP contribution in [0.25, 0.3) is 11.1 Å². The average molecular weight is 333 g/mol. The Bertz CT molecular complexity index is 740. The number of nitrogens with two attached hydrogens (primary N) is 1. The molecule has 4 nitrogen and oxygen atoms in total. The molecule has 0 fully saturated rings. The average Bonchev–Trinajstić information content (AvgIpc) is 2.80. The predicted molar refractivity (Wildman–Crippen MR) is 81.1 cm³/mol. The fourth-order valence-corrected chi connectivity index (χ4v) is 2.38. The smallest absolute Gasteiger partial charge is 0.221 e. The molecule has 0 spiro atoms. The fourth-order valence-electron chi connectivity index (χ4n) is 1.93. The minimum atomic E-state index is 0.334. The first-order valence-corrected chi connectivity index (χ1v) is 6.97. The summed E-state index contributed by atoms with van der Waals surface area (Å²) in [4.78, 5) is 4.35. The van der Waals surface area contributed by atoms with E-state index in [1.54, 1.807) is 12.1 Å². The monoisotopic (exact) mass is 332 g/mol. The zero-order valence-corrected chi connectivity index (χ0v) is 12.3. The largest absolute Gasteiger partial charge is 0.438 e. The van der Waals surface area contributed by atoms with Crippen LogP contribution in [0.4, 0.5) is 5.69 Å². The highest BCUT2D eigenvalue weighted by Gasteiger charge is 2.06. The van der Waals surface area contributed by atoms with Crippen molar-refractivity contribution in [2.75, 3.05) is 5.73 Å². The number of hydrogen-bond acceptors (Lipinski definition) is 4. The molecule has 0 aliphatic rings. The van der Waals surface area contributed by atoms with E-state index < -0.39 is 0 Å². The molecule has 0 aliphatic carbocycles. The third kappa shape index (κ3) is 3.00. The third-order valence-electron chi connectivity index (χ3n) is 2.84. The van der Waals surface area contributed by atoms with Crippen LogP contribution in [0.2, 0.25) is 0 Å². The Labute approximate surface area is 124 Å². The zero-order valence-electron chi connectivity index (χ0n) is 10.7. The van der Waals surface area contributed by atoms with E-state index in [0.717, 1.165) is 15.6 Å². The zero-order chi connectivity index (χ0) is 13.9. The maximum Gasteiger partial charge on any atom is 0.221 e. The van der Waals surface area contributed by atoms with Crippen molar-refractivity contribution in [3.05, 3.63) is 58.4 Å². The number of halogens is 1. The van der Waals surface area contributed by atoms with Crippen LogP contribution in [0.5, 0.6) is 0 Å². The lowest BCUT2D eigenvalue weighted by Gasteiger charge is -2.02. The lowest BCUT2D eigenvalue weighted by atomic mass is 10.2. The van der Waals surface area contributed by atoms with Crippen LogP contribution in [0.15, 0.2) is 51.4 Å². The number of rotatable bonds is 4. The molecule has 2 N–H and O–H groups in total. The molecule has 0 saturated heterocycles. The number of fused-ring (bicyclic) bond motifs is 1. The van der Waals surface area contributed by atoms with E-state index in [4.69, 9.17) is 14.9 Å². The Balaban J connectivity index is 1.65. The van der Waals surface area contributed by atoms with Gasteiger partial charge in [0.25, 0.3) is 0 Å². The number of nitrogen functional groups attached to an aromatic ring is 1. The Kier molecular flexibility index (Phi) is 3.71. The maximum atomic E-state index is 5.70. The first kappa shape index (κ1) is 13.1. The Morgan fingerprint density at radius 3 is 2.90 bits per heavy atom. The van der Waals surface area contributed by atoms with E-state index in [1.807, 2.05) is 30.3 Å². The summed E-state index contributed by atoms with van der Waals surface area (Å²) in [6.07, 6.45) is 0. The van der Waals surface area contributed by atoms with Crippen molar-refractivity contribution in [3.8, 4) is 0 Å². The van der Waals surface area contributed by atoms with E-state index in [0.29, 0.717) is 30.4 Å². The summed E-state index contributed by atoms with van der Waals surface area (Å²) in [5.74, 6) is 0.556. The van der Waals surface area contributed by atoms with Crippen LogP contribution in [-0.2, 0) is 18.0 Å². The summed E-state index contributed by atoms with van der Waals surface area (Å²) in [6, 6.07) is 13.4. The molecule has 1 heterocycles. The van der Waals surface area contributed by atoms with E-state index >= 15 is 0 Å². The van der Waals surface area contributed by atoms with Gasteiger partial charge in [0.05, 0.1) is 6.61 Å². The van der Waals surface area contributed by atoms with Crippen molar-refractivity contribution >= 4 is 32.7 Å². The van der Waals surface area contributed by atoms with Gasteiger partial charge >= 0.3 is 0 Å². The summed E-state index contributed by atoms with van der Waals surface area (Å²) >= 11 is 3.43. The van der Waals surface area contributed by atoms with Crippen LogP contribution in [0.1, 0.15) is 11.5 Å². The van der Waals surface area contributed by atoms with Crippen molar-refractivity contribution in [1.29, 1.82) is 0 Å². The lowest BCUT2D eigenvalue weighted by molar-refractivity contribution is 0.0906. The molecule has 3 aromatic rings. The highest BCUT2D eigenvalue weighted by molar-refractivity contribution is 9.10. The van der Waals surface area contributed by atoms with Crippen molar-refractivity contribution in [2.24, 2.45) is 0 Å². The van der Waals surface area contributed by atoms with Gasteiger partial charge < -0.3 is 14.9 Å². The SMILES string of the molecule is Nc1ccc2nc(COCc3cccc(Br)c3)oc2c1. The van der Waals surface area contributed by atoms with Gasteiger partial charge in [-0.25, -0.2) is 4.98 Å². The van der Waals surface area contributed by atoms with E-state index in [9.17, 15) is 0 Å². The van der Waals surface area contributed by atoms with Crippen molar-refractivity contribution in [3.63, 3.8) is 0 Å². The fraction of sp³-hybridized carbons (Fsp3) is 0.133. The number of aromatic nitrogens is 1. The Morgan fingerprint density at radius 2 is 2.05 bits per heavy atom. The normalized spacial score (nSPS) is 11.1. The summed E-state index contributed by atoms with van der Waals surface area (Å²) < 4.78 is 12.2. The maximum absolute atomic E-state index is 5.70. The summed E-state index contributed by atoms with van der Waals surface area (Å²) in [7, 11) is 0. The van der Waals surface area contributed by atoms with Gasteiger partial charge in [0, 0.05) is 16.2 Å². The topological polar surface area (TPSA) is 61.3 Å². The second kappa shape index (κ2) is 5.64. The molecular formula is C15H13BrN2O2. The minimum absolute atomic E-state index is 0.334. The van der Waals surface area contributed by atoms with E-state index in [2.05, 4.69) is 20.9 Å². The standard InChI is InChI=1S/C15H13BrN2O2/c16-11-3-1-2-10(6-11)8-19-9-15-18-13-5-4-12(17)7-14(13)20-15/h1-7H,8-9,17H2. The molecule has 0 radical (unpaired) electrons. The molecule has 20 heavy (non-hydrogen) atoms. The molecule has 1 aromatic heterocycles. The number of nitrogens with zero attached hydrogens (tertiary/aromatic N) is 1. The predicted octanol–water partition coefficient (Wildman–Crippen LogP) is 3.89. The van der Waals surface area contributed by atoms with Crippen molar-refractivity contribution in [2.45, 2.75) is 13.2 Å². The van der Waals surface area contributed by atoms with Crippen LogP contribution in [0.3, 0.4) is 0 Å². The molecule has 0 unspecified atom stereocenters. The summed E-state index contributed by atoms with van der Waals surface area (Å²) in [6.45, 7) is 0.849. The number of oxazole rings is 1. The molecule has 0 amide bonds. The van der Waals surface area contributed by atoms with Gasteiger partial charge in [-0.05, 0) is 29.8 Å². The van der Waals surface area contributed by atoms with Gasteiger partial charge in [0.15, 0.2) is 5.58 Å². The number of ether oxygens (including phenoxy) is 1. The Morgan fingerprint density at radius 1 is 1.15 bits per heavy atom. The van der Waals surface area contributed by atoms with Gasteiger partial charge in [-0.1, -0.05) is 28.1 Å². The van der Waals surface area contributed by atoms with Gasteiger partial charge in [-0.15, -0.1) is 0 Å². The molecule has 0 atom stereocenters. The van der Waals surface area contributed by atoms with Crippen molar-refractivity contribution < 1.29 is 9.15 Å². The number of hydrogen-bond donors (Lipinski definition) is 1. The molecular weight excluding hydrogens is 320 g/mol. The highest BCUT2D eigenvalue weighted by Crippen LogP contribution is 2.19. The quantitative estimate of drug-likeness (QED) is 0.736. The lowest BCUT2D eigenvalue weighted by Crippen LogP contribution is -1.94. The summed E-state index contributed by atoms with van der Waals surface area (Å²) in [5.41, 5.74) is 8.94. The van der Waals surface area contributed by atoms with Crippen LogP contribution in [-0.4, -0.2) is 4.98 Å². The molecule has 0 aliphatic heterocycles. The van der Waals surface area contributed by atoms with E-state index in [-0.39, 0.29) is 0 Å². The van der Waals surface area contributed by atoms with Crippen LogP contribution >= 0.6 is 15.9 Å². The molecule has 0 saturated carbocycles. The highest BCUT2D eigenvalue weighted by atomic mass is 79.9. The molecule has 0 bridgehead atoms. The second-order valence-electron chi connectivity index (χ2n) is 4.46. The first-order chi connectivity index (χ1) is 9.70. The third-order valence-corrected chi connectivity index (χ3v) is 3.33. The van der Waals surface area contributed by atoms with Gasteiger partial charge in [0.2, 0.25) is 5.89 Å². The van der Waals surface area contributed by atoms with Crippen molar-refractivity contribution in [1.82, 2.24) is 4.98 Å². The van der Waals surface area contributed by atoms with E-state index in [1.165, 1.54) is 0 Å². The number of anilines is 1. The van der Waals surface area contributed by atoms with Crippen LogP contribution in [0, 0.1) is 0 Å². The van der Waals surface area contributed by atoms with Gasteiger partial charge in [-0.3, -0.25) is 0 Å². The summed E-state index contributed by atoms with van der Waals surface area (Å²) in [5, 5.41) is 0. The van der Waals surface area contributed by atoms with Crippen LogP contribution < -0.4 is 5.73 Å². The molecule has 3 rings (SSSR count). The minimum Gasteiger partial charge on any atom is -0.438 e. The first-order valence-electron chi connectivity index (χ1n) is 6.18. The van der Waals surface area contributed by atoms with Gasteiger partial charge in [-0.2, -0.15) is 0 Å². The Hall–Kier alpha value is -1.85.